The van der Waals surface area contributed by atoms with E-state index in [1.54, 1.807) is 0 Å². The van der Waals surface area contributed by atoms with Crippen LogP contribution in [0, 0.1) is 0 Å². The summed E-state index contributed by atoms with van der Waals surface area (Å²) >= 11 is 0. The number of aromatic nitrogens is 2. The van der Waals surface area contributed by atoms with Crippen molar-refractivity contribution in [3.63, 3.8) is 0 Å². The van der Waals surface area contributed by atoms with Gasteiger partial charge < -0.3 is 9.13 Å². The monoisotopic (exact) mass is 488 g/mol. The highest BCUT2D eigenvalue weighted by atomic mass is 15.0. The Hall–Kier alpha value is -4.56. The molecule has 2 aliphatic rings. The Morgan fingerprint density at radius 2 is 1.29 bits per heavy atom. The van der Waals surface area contributed by atoms with E-state index in [9.17, 15) is 0 Å². The van der Waals surface area contributed by atoms with E-state index in [0.29, 0.717) is 0 Å². The minimum absolute atomic E-state index is 0.285. The van der Waals surface area contributed by atoms with Crippen molar-refractivity contribution in [1.82, 2.24) is 9.13 Å². The van der Waals surface area contributed by atoms with Gasteiger partial charge in [-0.15, -0.1) is 0 Å². The highest BCUT2D eigenvalue weighted by molar-refractivity contribution is 6.11. The van der Waals surface area contributed by atoms with Gasteiger partial charge in [0.15, 0.2) is 0 Å². The fourth-order valence-corrected chi connectivity index (χ4v) is 6.59. The van der Waals surface area contributed by atoms with Gasteiger partial charge in [0.2, 0.25) is 0 Å². The van der Waals surface area contributed by atoms with Crippen LogP contribution >= 0.6 is 0 Å². The predicted molar refractivity (Wildman–Crippen MR) is 161 cm³/mol. The topological polar surface area (TPSA) is 9.86 Å². The average Bonchev–Trinajstić information content (AvgIpc) is 3.50. The van der Waals surface area contributed by atoms with E-state index in [4.69, 9.17) is 0 Å². The minimum atomic E-state index is 0.285. The van der Waals surface area contributed by atoms with Crippen molar-refractivity contribution in [2.24, 2.45) is 0 Å². The molecule has 2 heterocycles. The van der Waals surface area contributed by atoms with Gasteiger partial charge >= 0.3 is 0 Å². The molecule has 2 aliphatic carbocycles. The van der Waals surface area contributed by atoms with Gasteiger partial charge in [-0.1, -0.05) is 91.1 Å². The molecule has 4 aromatic carbocycles. The molecule has 0 unspecified atom stereocenters. The summed E-state index contributed by atoms with van der Waals surface area (Å²) in [7, 11) is 0. The molecule has 8 rings (SSSR count). The molecule has 182 valence electrons. The lowest BCUT2D eigenvalue weighted by molar-refractivity contribution is 0.633. The molecule has 0 amide bonds. The van der Waals surface area contributed by atoms with E-state index < -0.39 is 0 Å². The standard InChI is InChI=1S/C36H28N2/c1-2-11-25(12-3-1)26-13-10-14-27(23-26)37-35-20-9-6-17-31(35)32-24-28(21-22-36(32)37)38-33-18-7-4-15-29(33)30-16-5-8-19-34(30)38/h2,4-22,24,27H,1,3,23H2/t27-/m1/s1. The molecule has 0 bridgehead atoms. The van der Waals surface area contributed by atoms with Crippen molar-refractivity contribution < 1.29 is 0 Å². The van der Waals surface area contributed by atoms with Crippen LogP contribution in [0.2, 0.25) is 0 Å². The van der Waals surface area contributed by atoms with Crippen LogP contribution in [0.1, 0.15) is 25.3 Å². The predicted octanol–water partition coefficient (Wildman–Crippen LogP) is 9.60. The largest absolute Gasteiger partial charge is 0.333 e. The van der Waals surface area contributed by atoms with Gasteiger partial charge in [0.25, 0.3) is 0 Å². The first-order valence-electron chi connectivity index (χ1n) is 13.6. The number of benzene rings is 4. The number of hydrogen-bond donors (Lipinski definition) is 0. The lowest BCUT2D eigenvalue weighted by Gasteiger charge is -2.24. The van der Waals surface area contributed by atoms with Crippen molar-refractivity contribution in [3.05, 3.63) is 139 Å². The van der Waals surface area contributed by atoms with Gasteiger partial charge in [-0.2, -0.15) is 0 Å². The number of hydrogen-bond acceptors (Lipinski definition) is 0. The quantitative estimate of drug-likeness (QED) is 0.235. The number of fused-ring (bicyclic) bond motifs is 6. The van der Waals surface area contributed by atoms with E-state index in [0.717, 1.165) is 19.3 Å². The molecule has 0 fully saturated rings. The lowest BCUT2D eigenvalue weighted by atomic mass is 9.91. The number of allylic oxidation sites excluding steroid dienone is 8. The second-order valence-corrected chi connectivity index (χ2v) is 10.4. The summed E-state index contributed by atoms with van der Waals surface area (Å²) < 4.78 is 4.97. The third-order valence-corrected chi connectivity index (χ3v) is 8.29. The van der Waals surface area contributed by atoms with E-state index in [2.05, 4.69) is 137 Å². The molecule has 2 aromatic heterocycles. The zero-order valence-corrected chi connectivity index (χ0v) is 21.2. The third kappa shape index (κ3) is 3.20. The van der Waals surface area contributed by atoms with Crippen LogP contribution in [0.5, 0.6) is 0 Å². The maximum Gasteiger partial charge on any atom is 0.0566 e. The summed E-state index contributed by atoms with van der Waals surface area (Å²) in [5.41, 5.74) is 9.10. The molecule has 1 atom stereocenters. The molecule has 2 nitrogen and oxygen atoms in total. The Labute approximate surface area is 222 Å². The number of rotatable bonds is 3. The molecule has 6 aromatic rings. The van der Waals surface area contributed by atoms with Gasteiger partial charge in [0.05, 0.1) is 17.1 Å². The Kier molecular flexibility index (Phi) is 4.81. The van der Waals surface area contributed by atoms with Crippen molar-refractivity contribution in [2.75, 3.05) is 0 Å². The van der Waals surface area contributed by atoms with Gasteiger partial charge in [0, 0.05) is 38.3 Å². The molecule has 2 heteroatoms. The number of nitrogens with zero attached hydrogens (tertiary/aromatic N) is 2. The summed E-state index contributed by atoms with van der Waals surface area (Å²) in [6.45, 7) is 0. The van der Waals surface area contributed by atoms with Crippen molar-refractivity contribution in [3.8, 4) is 5.69 Å². The van der Waals surface area contributed by atoms with Crippen LogP contribution in [-0.2, 0) is 0 Å². The second-order valence-electron chi connectivity index (χ2n) is 10.4. The maximum atomic E-state index is 2.55. The van der Waals surface area contributed by atoms with Gasteiger partial charge in [-0.05, 0) is 66.8 Å². The first-order chi connectivity index (χ1) is 18.9. The molecule has 38 heavy (non-hydrogen) atoms. The smallest absolute Gasteiger partial charge is 0.0566 e. The van der Waals surface area contributed by atoms with E-state index in [-0.39, 0.29) is 6.04 Å². The SMILES string of the molecule is C1=C[C@@H](n2c3ccccc3c3cc(-n4c5ccccc5c5ccccc54)ccc32)CC(C2=CCCC=C2)=C1. The van der Waals surface area contributed by atoms with Crippen LogP contribution in [0.3, 0.4) is 0 Å². The second kappa shape index (κ2) is 8.49. The normalized spacial score (nSPS) is 17.5. The Balaban J connectivity index is 1.32. The fourth-order valence-electron chi connectivity index (χ4n) is 6.59. The first-order valence-corrected chi connectivity index (χ1v) is 13.6. The summed E-state index contributed by atoms with van der Waals surface area (Å²) in [5.74, 6) is 0. The molecule has 0 saturated heterocycles. The molecule has 0 N–H and O–H groups in total. The molecular weight excluding hydrogens is 460 g/mol. The third-order valence-electron chi connectivity index (χ3n) is 8.29. The summed E-state index contributed by atoms with van der Waals surface area (Å²) in [4.78, 5) is 0. The molecule has 0 aliphatic heterocycles. The van der Waals surface area contributed by atoms with Crippen LogP contribution in [0.15, 0.2) is 139 Å². The van der Waals surface area contributed by atoms with Crippen LogP contribution in [0.25, 0.3) is 49.3 Å². The molecular formula is C36H28N2. The van der Waals surface area contributed by atoms with Crippen molar-refractivity contribution in [2.45, 2.75) is 25.3 Å². The van der Waals surface area contributed by atoms with Crippen LogP contribution in [0.4, 0.5) is 0 Å². The Morgan fingerprint density at radius 1 is 0.632 bits per heavy atom. The summed E-state index contributed by atoms with van der Waals surface area (Å²) in [6, 6.07) is 33.7. The van der Waals surface area contributed by atoms with Gasteiger partial charge in [-0.3, -0.25) is 0 Å². The zero-order valence-electron chi connectivity index (χ0n) is 21.2. The van der Waals surface area contributed by atoms with E-state index in [1.165, 1.54) is 60.4 Å². The minimum Gasteiger partial charge on any atom is -0.333 e. The van der Waals surface area contributed by atoms with Crippen molar-refractivity contribution >= 4 is 43.6 Å². The average molecular weight is 489 g/mol. The number of para-hydroxylation sites is 3. The molecule has 0 saturated carbocycles. The summed E-state index contributed by atoms with van der Waals surface area (Å²) in [5, 5.41) is 5.21. The highest BCUT2D eigenvalue weighted by Gasteiger charge is 2.21. The zero-order chi connectivity index (χ0) is 25.1. The lowest BCUT2D eigenvalue weighted by Crippen LogP contribution is -2.10. The van der Waals surface area contributed by atoms with Crippen LogP contribution < -0.4 is 0 Å². The van der Waals surface area contributed by atoms with E-state index in [1.807, 2.05) is 0 Å². The fraction of sp³-hybridized carbons (Fsp3) is 0.111. The van der Waals surface area contributed by atoms with Gasteiger partial charge in [0.1, 0.15) is 0 Å². The highest BCUT2D eigenvalue weighted by Crippen LogP contribution is 2.39. The summed E-state index contributed by atoms with van der Waals surface area (Å²) in [6.07, 6.45) is 17.2. The Bertz CT molecular complexity index is 1950. The first kappa shape index (κ1) is 21.5. The molecule has 0 radical (unpaired) electrons. The maximum absolute atomic E-state index is 2.55. The Morgan fingerprint density at radius 3 is 2.00 bits per heavy atom. The van der Waals surface area contributed by atoms with Gasteiger partial charge in [-0.25, -0.2) is 0 Å². The van der Waals surface area contributed by atoms with Crippen LogP contribution in [-0.4, -0.2) is 9.13 Å². The van der Waals surface area contributed by atoms with Crippen molar-refractivity contribution in [1.29, 1.82) is 0 Å². The van der Waals surface area contributed by atoms with E-state index >= 15 is 0 Å². The molecule has 0 spiro atoms.